The first-order valence-electron chi connectivity index (χ1n) is 6.65. The van der Waals surface area contributed by atoms with Crippen molar-refractivity contribution in [1.29, 1.82) is 0 Å². The van der Waals surface area contributed by atoms with Gasteiger partial charge in [-0.25, -0.2) is 9.48 Å². The smallest absolute Gasteiger partial charge is 0.408 e. The summed E-state index contributed by atoms with van der Waals surface area (Å²) in [4.78, 5) is 15.4. The van der Waals surface area contributed by atoms with Crippen LogP contribution in [0.4, 0.5) is 4.79 Å². The minimum atomic E-state index is -0.511. The van der Waals surface area contributed by atoms with Crippen LogP contribution in [0.25, 0.3) is 5.70 Å². The van der Waals surface area contributed by atoms with E-state index in [0.717, 1.165) is 25.0 Å². The fourth-order valence-corrected chi connectivity index (χ4v) is 2.06. The molecule has 110 valence electrons. The fourth-order valence-electron chi connectivity index (χ4n) is 2.06. The molecule has 0 radical (unpaired) electrons. The maximum Gasteiger partial charge on any atom is 0.408 e. The van der Waals surface area contributed by atoms with Gasteiger partial charge in [0, 0.05) is 5.70 Å². The number of hydrogen-bond acceptors (Lipinski definition) is 5. The quantitative estimate of drug-likeness (QED) is 0.863. The number of aromatic hydroxyl groups is 1. The van der Waals surface area contributed by atoms with Gasteiger partial charge >= 0.3 is 12.1 Å². The zero-order chi connectivity index (χ0) is 14.8. The van der Waals surface area contributed by atoms with E-state index in [1.807, 2.05) is 26.8 Å². The normalized spacial score (nSPS) is 19.4. The molecule has 0 bridgehead atoms. The lowest BCUT2D eigenvalue weighted by Crippen LogP contribution is -2.39. The standard InChI is InChI=1S/C13H20N4O3/c1-13(2,3)20-12(19)15-9-5-4-6-10(7-9)17-8-14-11(18)16-17/h7-9H,4-6H2,1-3H3,(H,15,19)(H,16,18). The molecule has 1 aromatic heterocycles. The van der Waals surface area contributed by atoms with Crippen LogP contribution < -0.4 is 5.32 Å². The molecule has 7 heteroatoms. The third-order valence-electron chi connectivity index (χ3n) is 2.82. The molecule has 1 unspecified atom stereocenters. The average molecular weight is 280 g/mol. The Kier molecular flexibility index (Phi) is 3.96. The molecule has 1 aromatic rings. The van der Waals surface area contributed by atoms with E-state index in [1.54, 1.807) is 0 Å². The molecule has 0 aromatic carbocycles. The van der Waals surface area contributed by atoms with Gasteiger partial charge in [-0.2, -0.15) is 4.98 Å². The van der Waals surface area contributed by atoms with Crippen molar-refractivity contribution >= 4 is 11.8 Å². The molecule has 7 nitrogen and oxygen atoms in total. The number of hydrogen-bond donors (Lipinski definition) is 2. The number of aromatic nitrogens is 3. The Hall–Kier alpha value is -2.05. The molecule has 2 N–H and O–H groups in total. The van der Waals surface area contributed by atoms with Gasteiger partial charge in [0.05, 0.1) is 6.04 Å². The molecule has 2 rings (SSSR count). The Morgan fingerprint density at radius 1 is 1.55 bits per heavy atom. The number of carbonyl (C=O) groups excluding carboxylic acids is 1. The zero-order valence-electron chi connectivity index (χ0n) is 12.0. The van der Waals surface area contributed by atoms with Crippen molar-refractivity contribution in [2.75, 3.05) is 0 Å². The van der Waals surface area contributed by atoms with Crippen LogP contribution in [0.5, 0.6) is 6.01 Å². The minimum Gasteiger partial charge on any atom is -0.478 e. The summed E-state index contributed by atoms with van der Waals surface area (Å²) in [6, 6.07) is -0.354. The number of alkyl carbamates (subject to hydrolysis) is 1. The topological polar surface area (TPSA) is 89.3 Å². The molecule has 1 heterocycles. The summed E-state index contributed by atoms with van der Waals surface area (Å²) in [5.41, 5.74) is 0.397. The SMILES string of the molecule is CC(C)(C)OC(=O)NC1C=C(n2cnc(O)n2)CCC1. The lowest BCUT2D eigenvalue weighted by atomic mass is 10.0. The number of nitrogens with one attached hydrogen (secondary N) is 1. The third-order valence-corrected chi connectivity index (χ3v) is 2.82. The number of ether oxygens (including phenoxy) is 1. The van der Waals surface area contributed by atoms with Crippen LogP contribution in [-0.4, -0.2) is 37.6 Å². The highest BCUT2D eigenvalue weighted by Crippen LogP contribution is 2.22. The number of amides is 1. The van der Waals surface area contributed by atoms with Crippen LogP contribution in [0.2, 0.25) is 0 Å². The van der Waals surface area contributed by atoms with Crippen LogP contribution in [0.3, 0.4) is 0 Å². The fraction of sp³-hybridized carbons (Fsp3) is 0.615. The van der Waals surface area contributed by atoms with E-state index in [4.69, 9.17) is 9.84 Å². The van der Waals surface area contributed by atoms with E-state index in [9.17, 15) is 4.79 Å². The van der Waals surface area contributed by atoms with Gasteiger partial charge in [-0.05, 0) is 46.1 Å². The molecule has 1 amide bonds. The summed E-state index contributed by atoms with van der Waals surface area (Å²) in [6.45, 7) is 5.48. The minimum absolute atomic E-state index is 0.0973. The second-order valence-corrected chi connectivity index (χ2v) is 5.79. The van der Waals surface area contributed by atoms with Crippen molar-refractivity contribution in [1.82, 2.24) is 20.1 Å². The first kappa shape index (κ1) is 14.4. The molecule has 0 fully saturated rings. The summed E-state index contributed by atoms with van der Waals surface area (Å²) in [6.07, 6.45) is 5.55. The van der Waals surface area contributed by atoms with E-state index in [2.05, 4.69) is 15.4 Å². The molecule has 1 atom stereocenters. The lowest BCUT2D eigenvalue weighted by molar-refractivity contribution is 0.0511. The number of allylic oxidation sites excluding steroid dienone is 1. The van der Waals surface area contributed by atoms with Crippen molar-refractivity contribution in [3.63, 3.8) is 0 Å². The van der Waals surface area contributed by atoms with E-state index in [-0.39, 0.29) is 12.1 Å². The predicted octanol–water partition coefficient (Wildman–Crippen LogP) is 1.90. The van der Waals surface area contributed by atoms with Crippen molar-refractivity contribution in [3.05, 3.63) is 12.4 Å². The molecule has 1 aliphatic carbocycles. The molecule has 0 saturated carbocycles. The van der Waals surface area contributed by atoms with Crippen LogP contribution in [0.1, 0.15) is 40.0 Å². The molecule has 0 spiro atoms. The molecular weight excluding hydrogens is 260 g/mol. The largest absolute Gasteiger partial charge is 0.478 e. The van der Waals surface area contributed by atoms with Gasteiger partial charge in [-0.3, -0.25) is 0 Å². The van der Waals surface area contributed by atoms with Gasteiger partial charge in [0.1, 0.15) is 11.9 Å². The van der Waals surface area contributed by atoms with Gasteiger partial charge in [0.15, 0.2) is 0 Å². The van der Waals surface area contributed by atoms with Crippen LogP contribution >= 0.6 is 0 Å². The Balaban J connectivity index is 2.01. The molecule has 1 aliphatic rings. The van der Waals surface area contributed by atoms with Crippen molar-refractivity contribution in [2.24, 2.45) is 0 Å². The highest BCUT2D eigenvalue weighted by molar-refractivity contribution is 5.69. The first-order chi connectivity index (χ1) is 9.33. The number of rotatable bonds is 2. The average Bonchev–Trinajstić information content (AvgIpc) is 2.73. The Morgan fingerprint density at radius 3 is 2.90 bits per heavy atom. The zero-order valence-corrected chi connectivity index (χ0v) is 12.0. The van der Waals surface area contributed by atoms with E-state index >= 15 is 0 Å². The summed E-state index contributed by atoms with van der Waals surface area (Å²) >= 11 is 0. The van der Waals surface area contributed by atoms with Gasteiger partial charge in [-0.15, -0.1) is 5.10 Å². The summed E-state index contributed by atoms with van der Waals surface area (Å²) in [7, 11) is 0. The van der Waals surface area contributed by atoms with Gasteiger partial charge < -0.3 is 15.2 Å². The maximum atomic E-state index is 11.7. The molecule has 20 heavy (non-hydrogen) atoms. The lowest BCUT2D eigenvalue weighted by Gasteiger charge is -2.25. The highest BCUT2D eigenvalue weighted by Gasteiger charge is 2.21. The Labute approximate surface area is 117 Å². The third kappa shape index (κ3) is 3.97. The van der Waals surface area contributed by atoms with Crippen LogP contribution in [0.15, 0.2) is 12.4 Å². The Morgan fingerprint density at radius 2 is 2.30 bits per heavy atom. The second-order valence-electron chi connectivity index (χ2n) is 5.79. The monoisotopic (exact) mass is 280 g/mol. The van der Waals surface area contributed by atoms with Crippen molar-refractivity contribution in [3.8, 4) is 6.01 Å². The molecule has 0 saturated heterocycles. The van der Waals surface area contributed by atoms with Gasteiger partial charge in [-0.1, -0.05) is 0 Å². The number of nitrogens with zero attached hydrogens (tertiary/aromatic N) is 3. The highest BCUT2D eigenvalue weighted by atomic mass is 16.6. The van der Waals surface area contributed by atoms with Crippen molar-refractivity contribution in [2.45, 2.75) is 51.7 Å². The first-order valence-corrected chi connectivity index (χ1v) is 6.65. The van der Waals surface area contributed by atoms with Crippen molar-refractivity contribution < 1.29 is 14.6 Å². The molecule has 0 aliphatic heterocycles. The van der Waals surface area contributed by atoms with Gasteiger partial charge in [0.2, 0.25) is 0 Å². The summed E-state index contributed by atoms with van der Waals surface area (Å²) in [5.74, 6) is 0. The predicted molar refractivity (Wildman–Crippen MR) is 73.0 cm³/mol. The van der Waals surface area contributed by atoms with E-state index < -0.39 is 11.7 Å². The van der Waals surface area contributed by atoms with Crippen LogP contribution in [-0.2, 0) is 4.74 Å². The van der Waals surface area contributed by atoms with Gasteiger partial charge in [0.25, 0.3) is 0 Å². The Bertz CT molecular complexity index is 516. The van der Waals surface area contributed by atoms with Crippen LogP contribution in [0, 0.1) is 0 Å². The maximum absolute atomic E-state index is 11.7. The number of carbonyl (C=O) groups is 1. The summed E-state index contributed by atoms with van der Waals surface area (Å²) < 4.78 is 6.76. The molecular formula is C13H20N4O3. The second kappa shape index (κ2) is 5.52. The van der Waals surface area contributed by atoms with E-state index in [0.29, 0.717) is 0 Å². The van der Waals surface area contributed by atoms with E-state index in [1.165, 1.54) is 11.0 Å². The summed E-state index contributed by atoms with van der Waals surface area (Å²) in [5, 5.41) is 15.8.